The molecule has 0 saturated carbocycles. The fourth-order valence-corrected chi connectivity index (χ4v) is 2.22. The summed E-state index contributed by atoms with van der Waals surface area (Å²) in [6.07, 6.45) is 2.84. The average Bonchev–Trinajstić information content (AvgIpc) is 2.70. The second-order valence-electron chi connectivity index (χ2n) is 3.32. The summed E-state index contributed by atoms with van der Waals surface area (Å²) in [5, 5.41) is 8.80. The van der Waals surface area contributed by atoms with Crippen LogP contribution in [-0.4, -0.2) is 23.9 Å². The summed E-state index contributed by atoms with van der Waals surface area (Å²) in [4.78, 5) is 6.09. The first kappa shape index (κ1) is 11.7. The highest BCUT2D eigenvalue weighted by Gasteiger charge is 2.29. The highest BCUT2D eigenvalue weighted by molar-refractivity contribution is 7.89. The van der Waals surface area contributed by atoms with Crippen molar-refractivity contribution in [3.63, 3.8) is 0 Å². The molecule has 0 amide bonds. The standard InChI is InChI=1S/C8H12N4O2S/c1-3-8(2,5-9)12-15(13,14)7-4-10-6-11-7/h4,6,12H,3H2,1-2H3,(H,10,11). The largest absolute Gasteiger partial charge is 0.335 e. The van der Waals surface area contributed by atoms with Gasteiger partial charge in [-0.3, -0.25) is 0 Å². The fraction of sp³-hybridized carbons (Fsp3) is 0.500. The predicted octanol–water partition coefficient (Wildman–Crippen LogP) is 0.380. The van der Waals surface area contributed by atoms with Gasteiger partial charge in [-0.25, -0.2) is 13.4 Å². The van der Waals surface area contributed by atoms with Gasteiger partial charge in [0.05, 0.1) is 18.6 Å². The number of aromatic amines is 1. The lowest BCUT2D eigenvalue weighted by molar-refractivity contribution is 0.493. The lowest BCUT2D eigenvalue weighted by Crippen LogP contribution is -2.44. The Labute approximate surface area is 88.4 Å². The lowest BCUT2D eigenvalue weighted by atomic mass is 10.0. The van der Waals surface area contributed by atoms with E-state index in [0.29, 0.717) is 6.42 Å². The molecule has 0 aromatic carbocycles. The van der Waals surface area contributed by atoms with Crippen molar-refractivity contribution >= 4 is 10.0 Å². The molecule has 1 aromatic heterocycles. The molecule has 82 valence electrons. The third-order valence-electron chi connectivity index (χ3n) is 2.08. The van der Waals surface area contributed by atoms with Gasteiger partial charge in [-0.2, -0.15) is 9.98 Å². The predicted molar refractivity (Wildman–Crippen MR) is 53.2 cm³/mol. The van der Waals surface area contributed by atoms with E-state index in [1.54, 1.807) is 6.92 Å². The number of hydrogen-bond donors (Lipinski definition) is 2. The quantitative estimate of drug-likeness (QED) is 0.778. The molecule has 1 rings (SSSR count). The van der Waals surface area contributed by atoms with Gasteiger partial charge in [-0.05, 0) is 13.3 Å². The number of nitrogens with one attached hydrogen (secondary N) is 2. The first-order valence-corrected chi connectivity index (χ1v) is 5.85. The zero-order chi connectivity index (χ0) is 11.5. The SMILES string of the molecule is CCC(C)(C#N)NS(=O)(=O)c1cnc[nH]1. The Morgan fingerprint density at radius 2 is 2.40 bits per heavy atom. The van der Waals surface area contributed by atoms with Crippen molar-refractivity contribution in [2.24, 2.45) is 0 Å². The molecule has 0 radical (unpaired) electrons. The zero-order valence-corrected chi connectivity index (χ0v) is 9.30. The molecule has 0 aliphatic heterocycles. The minimum absolute atomic E-state index is 0.0441. The van der Waals surface area contributed by atoms with Crippen molar-refractivity contribution in [1.82, 2.24) is 14.7 Å². The van der Waals surface area contributed by atoms with Gasteiger partial charge in [0.15, 0.2) is 5.03 Å². The Morgan fingerprint density at radius 1 is 1.73 bits per heavy atom. The van der Waals surface area contributed by atoms with E-state index in [2.05, 4.69) is 14.7 Å². The van der Waals surface area contributed by atoms with Gasteiger partial charge in [0.25, 0.3) is 10.0 Å². The van der Waals surface area contributed by atoms with Crippen LogP contribution in [0.2, 0.25) is 0 Å². The third kappa shape index (κ3) is 2.55. The molecule has 0 aliphatic rings. The van der Waals surface area contributed by atoms with Crippen LogP contribution < -0.4 is 4.72 Å². The summed E-state index contributed by atoms with van der Waals surface area (Å²) >= 11 is 0. The molecule has 1 atom stereocenters. The van der Waals surface area contributed by atoms with E-state index < -0.39 is 15.6 Å². The van der Waals surface area contributed by atoms with E-state index in [-0.39, 0.29) is 5.03 Å². The van der Waals surface area contributed by atoms with Crippen LogP contribution in [0.1, 0.15) is 20.3 Å². The van der Waals surface area contributed by atoms with Crippen LogP contribution in [0.15, 0.2) is 17.6 Å². The average molecular weight is 228 g/mol. The number of aromatic nitrogens is 2. The van der Waals surface area contributed by atoms with Crippen LogP contribution in [0.25, 0.3) is 0 Å². The van der Waals surface area contributed by atoms with Gasteiger partial charge >= 0.3 is 0 Å². The van der Waals surface area contributed by atoms with E-state index in [0.717, 1.165) is 0 Å². The Kier molecular flexibility index (Phi) is 3.12. The molecule has 7 heteroatoms. The molecule has 2 N–H and O–H groups in total. The van der Waals surface area contributed by atoms with Gasteiger partial charge in [0.2, 0.25) is 0 Å². The molecular weight excluding hydrogens is 216 g/mol. The monoisotopic (exact) mass is 228 g/mol. The minimum Gasteiger partial charge on any atom is -0.335 e. The van der Waals surface area contributed by atoms with Crippen LogP contribution in [0, 0.1) is 11.3 Å². The molecule has 0 spiro atoms. The van der Waals surface area contributed by atoms with Gasteiger partial charge < -0.3 is 4.98 Å². The van der Waals surface area contributed by atoms with Crippen molar-refractivity contribution in [1.29, 1.82) is 5.26 Å². The van der Waals surface area contributed by atoms with Crippen molar-refractivity contribution in [3.8, 4) is 6.07 Å². The first-order chi connectivity index (χ1) is 6.93. The number of imidazole rings is 1. The Hall–Kier alpha value is -1.39. The van der Waals surface area contributed by atoms with Gasteiger partial charge in [-0.1, -0.05) is 6.92 Å². The van der Waals surface area contributed by atoms with Crippen LogP contribution in [0.3, 0.4) is 0 Å². The Balaban J connectivity index is 2.97. The number of sulfonamides is 1. The van der Waals surface area contributed by atoms with E-state index in [9.17, 15) is 8.42 Å². The lowest BCUT2D eigenvalue weighted by Gasteiger charge is -2.20. The second-order valence-corrected chi connectivity index (χ2v) is 4.97. The fourth-order valence-electron chi connectivity index (χ4n) is 0.916. The third-order valence-corrected chi connectivity index (χ3v) is 3.60. The molecule has 1 heterocycles. The maximum absolute atomic E-state index is 11.7. The number of nitriles is 1. The van der Waals surface area contributed by atoms with E-state index in [4.69, 9.17) is 5.26 Å². The second kappa shape index (κ2) is 4.00. The van der Waals surface area contributed by atoms with Crippen molar-refractivity contribution in [2.45, 2.75) is 30.8 Å². The molecule has 6 nitrogen and oxygen atoms in total. The number of rotatable bonds is 4. The number of nitrogens with zero attached hydrogens (tertiary/aromatic N) is 2. The molecule has 1 unspecified atom stereocenters. The van der Waals surface area contributed by atoms with E-state index in [1.165, 1.54) is 19.4 Å². The summed E-state index contributed by atoms with van der Waals surface area (Å²) in [6.45, 7) is 3.26. The molecule has 15 heavy (non-hydrogen) atoms. The molecule has 0 fully saturated rings. The molecule has 0 aliphatic carbocycles. The molecule has 0 saturated heterocycles. The molecule has 0 bridgehead atoms. The van der Waals surface area contributed by atoms with Crippen molar-refractivity contribution < 1.29 is 8.42 Å². The normalized spacial score (nSPS) is 15.5. The first-order valence-electron chi connectivity index (χ1n) is 4.37. The van der Waals surface area contributed by atoms with E-state index >= 15 is 0 Å². The Morgan fingerprint density at radius 3 is 2.80 bits per heavy atom. The smallest absolute Gasteiger partial charge is 0.258 e. The van der Waals surface area contributed by atoms with Crippen LogP contribution >= 0.6 is 0 Å². The van der Waals surface area contributed by atoms with Crippen LogP contribution in [0.4, 0.5) is 0 Å². The molecular formula is C8H12N4O2S. The maximum atomic E-state index is 11.7. The summed E-state index contributed by atoms with van der Waals surface area (Å²) in [5.74, 6) is 0. The molecule has 1 aromatic rings. The Bertz CT molecular complexity index is 459. The summed E-state index contributed by atoms with van der Waals surface area (Å²) in [6, 6.07) is 1.92. The summed E-state index contributed by atoms with van der Waals surface area (Å²) < 4.78 is 25.7. The highest BCUT2D eigenvalue weighted by atomic mass is 32.2. The van der Waals surface area contributed by atoms with Crippen LogP contribution in [0.5, 0.6) is 0 Å². The van der Waals surface area contributed by atoms with Crippen LogP contribution in [-0.2, 0) is 10.0 Å². The zero-order valence-electron chi connectivity index (χ0n) is 8.48. The van der Waals surface area contributed by atoms with Gasteiger partial charge in [0, 0.05) is 0 Å². The van der Waals surface area contributed by atoms with Crippen molar-refractivity contribution in [2.75, 3.05) is 0 Å². The maximum Gasteiger partial charge on any atom is 0.258 e. The highest BCUT2D eigenvalue weighted by Crippen LogP contribution is 2.12. The topological polar surface area (TPSA) is 98.6 Å². The summed E-state index contributed by atoms with van der Waals surface area (Å²) in [7, 11) is -3.69. The number of H-pyrrole nitrogens is 1. The summed E-state index contributed by atoms with van der Waals surface area (Å²) in [5.41, 5.74) is -1.09. The van der Waals surface area contributed by atoms with Gasteiger partial charge in [-0.15, -0.1) is 0 Å². The van der Waals surface area contributed by atoms with Crippen molar-refractivity contribution in [3.05, 3.63) is 12.5 Å². The van der Waals surface area contributed by atoms with Gasteiger partial charge in [0.1, 0.15) is 5.54 Å². The van der Waals surface area contributed by atoms with E-state index in [1.807, 2.05) is 6.07 Å². The minimum atomic E-state index is -3.69. The number of hydrogen-bond acceptors (Lipinski definition) is 4.